The molecule has 0 unspecified atom stereocenters. The highest BCUT2D eigenvalue weighted by Crippen LogP contribution is 2.33. The average Bonchev–Trinajstić information content (AvgIpc) is 3.38. The molecule has 1 fully saturated rings. The molecule has 1 aliphatic carbocycles. The summed E-state index contributed by atoms with van der Waals surface area (Å²) in [6.07, 6.45) is 7.23. The number of amides is 1. The monoisotopic (exact) mass is 436 g/mol. The SMILES string of the molecule is O=C(CCn1cnc2sc3c(c2c1=O)CCCC3)N[C@H]1CCN(Cc2ccccc2)C1. The van der Waals surface area contributed by atoms with Gasteiger partial charge in [-0.1, -0.05) is 30.3 Å². The topological polar surface area (TPSA) is 67.2 Å². The van der Waals surface area contributed by atoms with E-state index in [-0.39, 0.29) is 17.5 Å². The minimum absolute atomic E-state index is 0.00547. The number of fused-ring (bicyclic) bond motifs is 3. The highest BCUT2D eigenvalue weighted by molar-refractivity contribution is 7.18. The number of hydrogen-bond donors (Lipinski definition) is 1. The highest BCUT2D eigenvalue weighted by Gasteiger charge is 2.24. The first-order chi connectivity index (χ1) is 15.2. The number of thiophene rings is 1. The molecule has 0 saturated carbocycles. The van der Waals surface area contributed by atoms with Crippen LogP contribution < -0.4 is 10.9 Å². The third-order valence-corrected chi connectivity index (χ3v) is 7.61. The number of nitrogens with zero attached hydrogens (tertiary/aromatic N) is 3. The number of likely N-dealkylation sites (tertiary alicyclic amines) is 1. The molecule has 1 aromatic carbocycles. The van der Waals surface area contributed by atoms with Gasteiger partial charge in [0.05, 0.1) is 11.7 Å². The molecule has 5 rings (SSSR count). The van der Waals surface area contributed by atoms with Gasteiger partial charge < -0.3 is 5.32 Å². The molecule has 2 aromatic heterocycles. The third kappa shape index (κ3) is 4.43. The number of hydrogen-bond acceptors (Lipinski definition) is 5. The lowest BCUT2D eigenvalue weighted by atomic mass is 9.97. The maximum absolute atomic E-state index is 13.0. The summed E-state index contributed by atoms with van der Waals surface area (Å²) in [5.74, 6) is 0.00547. The quantitative estimate of drug-likeness (QED) is 0.645. The van der Waals surface area contributed by atoms with Gasteiger partial charge in [-0.2, -0.15) is 0 Å². The summed E-state index contributed by atoms with van der Waals surface area (Å²) in [6.45, 7) is 3.15. The molecule has 1 saturated heterocycles. The van der Waals surface area contributed by atoms with Gasteiger partial charge in [-0.3, -0.25) is 19.1 Å². The molecule has 0 bridgehead atoms. The molecule has 7 heteroatoms. The standard InChI is InChI=1S/C24H28N4O2S/c29-21(26-18-10-12-27(15-18)14-17-6-2-1-3-7-17)11-13-28-16-25-23-22(24(28)30)19-8-4-5-9-20(19)31-23/h1-3,6-7,16,18H,4-5,8-15H2,(H,26,29)/t18-/m0/s1. The van der Waals surface area contributed by atoms with E-state index in [0.717, 1.165) is 55.5 Å². The maximum Gasteiger partial charge on any atom is 0.262 e. The Bertz CT molecular complexity index is 1140. The summed E-state index contributed by atoms with van der Waals surface area (Å²) in [6, 6.07) is 10.6. The fourth-order valence-corrected chi connectivity index (χ4v) is 6.02. The number of benzene rings is 1. The maximum atomic E-state index is 13.0. The number of carbonyl (C=O) groups excluding carboxylic acids is 1. The summed E-state index contributed by atoms with van der Waals surface area (Å²) in [5, 5.41) is 3.94. The van der Waals surface area contributed by atoms with Crippen LogP contribution in [0.3, 0.4) is 0 Å². The minimum atomic E-state index is 0.00547. The van der Waals surface area contributed by atoms with Gasteiger partial charge in [-0.15, -0.1) is 11.3 Å². The van der Waals surface area contributed by atoms with E-state index in [1.807, 2.05) is 6.07 Å². The first-order valence-electron chi connectivity index (χ1n) is 11.2. The van der Waals surface area contributed by atoms with Crippen molar-refractivity contribution in [3.05, 3.63) is 63.0 Å². The van der Waals surface area contributed by atoms with Crippen molar-refractivity contribution in [3.63, 3.8) is 0 Å². The zero-order chi connectivity index (χ0) is 21.2. The molecule has 0 spiro atoms. The Balaban J connectivity index is 1.17. The van der Waals surface area contributed by atoms with Crippen molar-refractivity contribution in [2.75, 3.05) is 13.1 Å². The van der Waals surface area contributed by atoms with Gasteiger partial charge >= 0.3 is 0 Å². The van der Waals surface area contributed by atoms with Crippen molar-refractivity contribution in [1.29, 1.82) is 0 Å². The number of aromatic nitrogens is 2. The lowest BCUT2D eigenvalue weighted by Gasteiger charge is -2.17. The van der Waals surface area contributed by atoms with Crippen LogP contribution in [-0.2, 0) is 30.7 Å². The predicted octanol–water partition coefficient (Wildman–Crippen LogP) is 3.12. The molecular formula is C24H28N4O2S. The highest BCUT2D eigenvalue weighted by atomic mass is 32.1. The van der Waals surface area contributed by atoms with Crippen LogP contribution in [-0.4, -0.2) is 39.5 Å². The van der Waals surface area contributed by atoms with Crippen LogP contribution in [0.15, 0.2) is 41.5 Å². The van der Waals surface area contributed by atoms with E-state index in [0.29, 0.717) is 13.0 Å². The number of carbonyl (C=O) groups is 1. The molecule has 3 aromatic rings. The second kappa shape index (κ2) is 8.93. The van der Waals surface area contributed by atoms with Crippen molar-refractivity contribution >= 4 is 27.5 Å². The first-order valence-corrected chi connectivity index (χ1v) is 12.0. The smallest absolute Gasteiger partial charge is 0.262 e. The van der Waals surface area contributed by atoms with Gasteiger partial charge in [0.1, 0.15) is 4.83 Å². The molecule has 2 aliphatic rings. The van der Waals surface area contributed by atoms with E-state index in [1.165, 1.54) is 22.4 Å². The Hall–Kier alpha value is -2.51. The average molecular weight is 437 g/mol. The Labute approximate surface area is 185 Å². The molecule has 1 atom stereocenters. The molecular weight excluding hydrogens is 408 g/mol. The largest absolute Gasteiger partial charge is 0.352 e. The molecule has 162 valence electrons. The van der Waals surface area contributed by atoms with Crippen LogP contribution in [0, 0.1) is 0 Å². The van der Waals surface area contributed by atoms with Gasteiger partial charge in [0.2, 0.25) is 5.91 Å². The zero-order valence-corrected chi connectivity index (χ0v) is 18.5. The number of rotatable bonds is 6. The molecule has 1 aliphatic heterocycles. The van der Waals surface area contributed by atoms with Gasteiger partial charge in [0.25, 0.3) is 5.56 Å². The Morgan fingerprint density at radius 3 is 2.90 bits per heavy atom. The summed E-state index contributed by atoms with van der Waals surface area (Å²) in [7, 11) is 0. The van der Waals surface area contributed by atoms with Gasteiger partial charge in [-0.25, -0.2) is 4.98 Å². The minimum Gasteiger partial charge on any atom is -0.352 e. The van der Waals surface area contributed by atoms with Crippen molar-refractivity contribution < 1.29 is 4.79 Å². The first kappa shape index (κ1) is 20.4. The van der Waals surface area contributed by atoms with E-state index in [2.05, 4.69) is 39.5 Å². The van der Waals surface area contributed by atoms with Crippen molar-refractivity contribution in [3.8, 4) is 0 Å². The van der Waals surface area contributed by atoms with E-state index < -0.39 is 0 Å². The lowest BCUT2D eigenvalue weighted by Crippen LogP contribution is -2.37. The van der Waals surface area contributed by atoms with Crippen molar-refractivity contribution in [2.45, 2.75) is 57.7 Å². The summed E-state index contributed by atoms with van der Waals surface area (Å²) in [5.41, 5.74) is 2.51. The molecule has 1 amide bonds. The zero-order valence-electron chi connectivity index (χ0n) is 17.7. The van der Waals surface area contributed by atoms with E-state index in [9.17, 15) is 9.59 Å². The van der Waals surface area contributed by atoms with Crippen molar-refractivity contribution in [1.82, 2.24) is 19.8 Å². The molecule has 3 heterocycles. The van der Waals surface area contributed by atoms with Crippen LogP contribution in [0.5, 0.6) is 0 Å². The fourth-order valence-electron chi connectivity index (χ4n) is 4.80. The summed E-state index contributed by atoms with van der Waals surface area (Å²) in [4.78, 5) is 34.6. The fraction of sp³-hybridized carbons (Fsp3) is 0.458. The molecule has 0 radical (unpaired) electrons. The van der Waals surface area contributed by atoms with E-state index in [1.54, 1.807) is 22.2 Å². The van der Waals surface area contributed by atoms with Crippen LogP contribution >= 0.6 is 11.3 Å². The third-order valence-electron chi connectivity index (χ3n) is 6.41. The summed E-state index contributed by atoms with van der Waals surface area (Å²) >= 11 is 1.66. The number of nitrogens with one attached hydrogen (secondary N) is 1. The second-order valence-electron chi connectivity index (χ2n) is 8.66. The normalized spacial score (nSPS) is 18.9. The summed E-state index contributed by atoms with van der Waals surface area (Å²) < 4.78 is 1.61. The van der Waals surface area contributed by atoms with E-state index in [4.69, 9.17) is 0 Å². The predicted molar refractivity (Wildman–Crippen MR) is 123 cm³/mol. The molecule has 1 N–H and O–H groups in total. The van der Waals surface area contributed by atoms with Crippen LogP contribution in [0.4, 0.5) is 0 Å². The lowest BCUT2D eigenvalue weighted by molar-refractivity contribution is -0.121. The number of aryl methyl sites for hydroxylation is 3. The Kier molecular flexibility index (Phi) is 5.87. The van der Waals surface area contributed by atoms with Crippen LogP contribution in [0.1, 0.15) is 41.7 Å². The van der Waals surface area contributed by atoms with E-state index >= 15 is 0 Å². The van der Waals surface area contributed by atoms with Gasteiger partial charge in [-0.05, 0) is 43.2 Å². The van der Waals surface area contributed by atoms with Gasteiger partial charge in [0, 0.05) is 43.5 Å². The second-order valence-corrected chi connectivity index (χ2v) is 9.74. The van der Waals surface area contributed by atoms with Gasteiger partial charge in [0.15, 0.2) is 0 Å². The van der Waals surface area contributed by atoms with Crippen LogP contribution in [0.25, 0.3) is 10.2 Å². The molecule has 6 nitrogen and oxygen atoms in total. The Morgan fingerprint density at radius 1 is 1.19 bits per heavy atom. The van der Waals surface area contributed by atoms with Crippen LogP contribution in [0.2, 0.25) is 0 Å². The molecule has 31 heavy (non-hydrogen) atoms. The Morgan fingerprint density at radius 2 is 2.03 bits per heavy atom. The van der Waals surface area contributed by atoms with Crippen molar-refractivity contribution in [2.24, 2.45) is 0 Å².